The van der Waals surface area contributed by atoms with Gasteiger partial charge in [0.15, 0.2) is 0 Å². The summed E-state index contributed by atoms with van der Waals surface area (Å²) in [4.78, 5) is 10.7. The molecule has 0 aromatic carbocycles. The molecule has 0 aliphatic carbocycles. The topological polar surface area (TPSA) is 60.4 Å². The monoisotopic (exact) mass is 173 g/mol. The van der Waals surface area contributed by atoms with Crippen LogP contribution in [0.5, 0.6) is 0 Å². The molecule has 0 aromatic heterocycles. The number of carboxylic acids is 1. The van der Waals surface area contributed by atoms with E-state index in [1.54, 1.807) is 0 Å². The van der Waals surface area contributed by atoms with E-state index in [0.717, 1.165) is 0 Å². The van der Waals surface area contributed by atoms with Crippen LogP contribution in [0.15, 0.2) is 0 Å². The summed E-state index contributed by atoms with van der Waals surface area (Å²) < 4.78 is 83.9. The number of hydrogen-bond donors (Lipinski definition) is 1. The van der Waals surface area contributed by atoms with Crippen LogP contribution in [-0.4, -0.2) is 49.1 Å². The minimum Gasteiger partial charge on any atom is -0.550 e. The molecule has 11 heavy (non-hydrogen) atoms. The van der Waals surface area contributed by atoms with E-state index in [-0.39, 0.29) is 0 Å². The molecule has 0 unspecified atom stereocenters. The van der Waals surface area contributed by atoms with Crippen molar-refractivity contribution in [2.45, 2.75) is 12.5 Å². The minimum atomic E-state index is -3.93. The molecular formula is C7H15NO3. The SMILES string of the molecule is [2H]C([2H])(C(=O)[O-])[C@]([2H])(O)C[N+](C([2H])([2H])[2H])(C([2H])([2H])[2H])C([2H])([2H])[2H]. The number of likely N-dealkylation sites (N-methyl/N-ethyl adjacent to an activating group) is 1. The third kappa shape index (κ3) is 7.29. The lowest BCUT2D eigenvalue weighted by molar-refractivity contribution is -0.873. The molecule has 0 bridgehead atoms. The highest BCUT2D eigenvalue weighted by Gasteiger charge is 2.14. The lowest BCUT2D eigenvalue weighted by Crippen LogP contribution is -2.43. The zero-order valence-corrected chi connectivity index (χ0v) is 5.42. The van der Waals surface area contributed by atoms with Gasteiger partial charge in [0.05, 0.1) is 34.6 Å². The van der Waals surface area contributed by atoms with Gasteiger partial charge >= 0.3 is 0 Å². The highest BCUT2D eigenvalue weighted by Crippen LogP contribution is 1.97. The maximum Gasteiger partial charge on any atom is 0.108 e. The van der Waals surface area contributed by atoms with Gasteiger partial charge in [-0.2, -0.15) is 0 Å². The summed E-state index contributed by atoms with van der Waals surface area (Å²) >= 11 is 0. The van der Waals surface area contributed by atoms with Gasteiger partial charge in [0.2, 0.25) is 0 Å². The Hall–Kier alpha value is -0.610. The van der Waals surface area contributed by atoms with E-state index in [1.807, 2.05) is 0 Å². The van der Waals surface area contributed by atoms with Crippen LogP contribution in [0, 0.1) is 0 Å². The number of carbonyl (C=O) groups excluding carboxylic acids is 1. The Kier molecular flexibility index (Phi) is 0.671. The molecule has 4 heteroatoms. The fourth-order valence-electron chi connectivity index (χ4n) is 0.382. The van der Waals surface area contributed by atoms with Crippen LogP contribution < -0.4 is 5.11 Å². The number of aliphatic hydroxyl groups is 1. The summed E-state index contributed by atoms with van der Waals surface area (Å²) in [6.07, 6.45) is -7.85. The van der Waals surface area contributed by atoms with Gasteiger partial charge in [-0.1, -0.05) is 0 Å². The van der Waals surface area contributed by atoms with Crippen LogP contribution in [0.4, 0.5) is 0 Å². The second-order valence-corrected chi connectivity index (χ2v) is 1.83. The maximum atomic E-state index is 10.7. The molecule has 0 aliphatic heterocycles. The molecule has 0 saturated heterocycles. The molecule has 0 fully saturated rings. The van der Waals surface area contributed by atoms with Crippen LogP contribution >= 0.6 is 0 Å². The highest BCUT2D eigenvalue weighted by molar-refractivity contribution is 5.64. The standard InChI is InChI=1S/C7H15NO3/c1-8(2,3)5-6(9)4-7(10)11/h6,9H,4-5H2,1-3H3/t6-/m0/s1/i1D3,2D3,3D3,4D2,6D. The van der Waals surface area contributed by atoms with Crippen LogP contribution in [-0.2, 0) is 4.79 Å². The van der Waals surface area contributed by atoms with Crippen molar-refractivity contribution < 1.29 is 35.9 Å². The molecular weight excluding hydrogens is 146 g/mol. The summed E-state index contributed by atoms with van der Waals surface area (Å²) in [5, 5.41) is 20.5. The maximum absolute atomic E-state index is 10.7. The van der Waals surface area contributed by atoms with Crippen molar-refractivity contribution in [3.63, 3.8) is 0 Å². The molecule has 0 spiro atoms. The van der Waals surface area contributed by atoms with Crippen molar-refractivity contribution in [2.75, 3.05) is 27.5 Å². The molecule has 4 nitrogen and oxygen atoms in total. The quantitative estimate of drug-likeness (QED) is 0.510. The van der Waals surface area contributed by atoms with E-state index >= 15 is 0 Å². The van der Waals surface area contributed by atoms with Crippen molar-refractivity contribution >= 4 is 5.97 Å². The Morgan fingerprint density at radius 3 is 2.82 bits per heavy atom. The van der Waals surface area contributed by atoms with Crippen LogP contribution in [0.2, 0.25) is 0 Å². The van der Waals surface area contributed by atoms with E-state index in [1.165, 1.54) is 0 Å². The van der Waals surface area contributed by atoms with Gasteiger partial charge in [-0.05, 0) is 0 Å². The molecule has 0 radical (unpaired) electrons. The van der Waals surface area contributed by atoms with E-state index in [0.29, 0.717) is 0 Å². The van der Waals surface area contributed by atoms with Crippen molar-refractivity contribution in [3.8, 4) is 0 Å². The minimum absolute atomic E-state index is 2.07. The summed E-state index contributed by atoms with van der Waals surface area (Å²) in [5.41, 5.74) is 0. The molecule has 1 N–H and O–H groups in total. The molecule has 1 atom stereocenters. The summed E-state index contributed by atoms with van der Waals surface area (Å²) in [6, 6.07) is 0. The third-order valence-electron chi connectivity index (χ3n) is 0.633. The average Bonchev–Trinajstić information content (AvgIpc) is 2.19. The van der Waals surface area contributed by atoms with Gasteiger partial charge in [0, 0.05) is 15.1 Å². The number of carboxylic acid groups (broad SMARTS) is 1. The Bertz CT molecular complexity index is 425. The summed E-state index contributed by atoms with van der Waals surface area (Å²) in [7, 11) is 0. The number of quaternary nitrogens is 1. The number of aliphatic carboxylic acids is 1. The zero-order valence-electron chi connectivity index (χ0n) is 17.4. The fourth-order valence-corrected chi connectivity index (χ4v) is 0.382. The molecule has 0 aliphatic rings. The number of nitrogens with zero attached hydrogens (tertiary/aromatic N) is 1. The molecule has 0 aromatic rings. The third-order valence-corrected chi connectivity index (χ3v) is 0.633. The average molecular weight is 173 g/mol. The van der Waals surface area contributed by atoms with Crippen LogP contribution in [0.1, 0.15) is 22.8 Å². The first-order chi connectivity index (χ1) is 9.65. The lowest BCUT2D eigenvalue weighted by Gasteiger charge is -2.26. The van der Waals surface area contributed by atoms with Gasteiger partial charge in [-0.15, -0.1) is 0 Å². The summed E-state index contributed by atoms with van der Waals surface area (Å²) in [5.74, 6) is -2.63. The van der Waals surface area contributed by atoms with E-state index < -0.39 is 50.4 Å². The molecule has 0 amide bonds. The second-order valence-electron chi connectivity index (χ2n) is 1.83. The highest BCUT2D eigenvalue weighted by atomic mass is 16.4. The Balaban J connectivity index is 6.51. The number of rotatable bonds is 4. The zero-order chi connectivity index (χ0) is 19.3. The van der Waals surface area contributed by atoms with Crippen molar-refractivity contribution in [2.24, 2.45) is 0 Å². The van der Waals surface area contributed by atoms with Crippen LogP contribution in [0.25, 0.3) is 0 Å². The predicted octanol–water partition coefficient (Wildman–Crippen LogP) is -1.81. The normalized spacial score (nSPS) is 38.3. The lowest BCUT2D eigenvalue weighted by atomic mass is 10.2. The first-order valence-electron chi connectivity index (χ1n) is 8.47. The van der Waals surface area contributed by atoms with E-state index in [4.69, 9.17) is 16.4 Å². The van der Waals surface area contributed by atoms with Gasteiger partial charge in [-0.25, -0.2) is 0 Å². The fraction of sp³-hybridized carbons (Fsp3) is 0.857. The summed E-state index contributed by atoms with van der Waals surface area (Å²) in [6.45, 7) is -13.6. The van der Waals surface area contributed by atoms with Crippen LogP contribution in [0.3, 0.4) is 0 Å². The van der Waals surface area contributed by atoms with Crippen molar-refractivity contribution in [3.05, 3.63) is 0 Å². The van der Waals surface area contributed by atoms with E-state index in [2.05, 4.69) is 0 Å². The number of hydrogen-bond acceptors (Lipinski definition) is 3. The Morgan fingerprint density at radius 2 is 2.45 bits per heavy atom. The molecule has 0 rings (SSSR count). The second kappa shape index (κ2) is 3.69. The van der Waals surface area contributed by atoms with Gasteiger partial charge in [0.1, 0.15) is 12.6 Å². The van der Waals surface area contributed by atoms with Gasteiger partial charge in [0.25, 0.3) is 0 Å². The Morgan fingerprint density at radius 1 is 1.91 bits per heavy atom. The van der Waals surface area contributed by atoms with Gasteiger partial charge in [-0.3, -0.25) is 0 Å². The smallest absolute Gasteiger partial charge is 0.108 e. The molecule has 66 valence electrons. The first-order valence-corrected chi connectivity index (χ1v) is 2.47. The predicted molar refractivity (Wildman–Crippen MR) is 38.5 cm³/mol. The first kappa shape index (κ1) is 2.00. The molecule has 0 saturated carbocycles. The van der Waals surface area contributed by atoms with Crippen molar-refractivity contribution in [1.29, 1.82) is 0 Å². The van der Waals surface area contributed by atoms with Crippen molar-refractivity contribution in [1.82, 2.24) is 0 Å². The Labute approximate surface area is 83.5 Å². The largest absolute Gasteiger partial charge is 0.550 e. The van der Waals surface area contributed by atoms with E-state index in [9.17, 15) is 15.0 Å². The van der Waals surface area contributed by atoms with Gasteiger partial charge < -0.3 is 19.5 Å². The molecule has 0 heterocycles. The number of carbonyl (C=O) groups is 1.